The van der Waals surface area contributed by atoms with Crippen molar-refractivity contribution >= 4 is 17.9 Å². The van der Waals surface area contributed by atoms with Gasteiger partial charge in [-0.25, -0.2) is 4.79 Å². The van der Waals surface area contributed by atoms with Crippen molar-refractivity contribution in [3.63, 3.8) is 0 Å². The number of carbonyl (C=O) groups is 3. The SMILES string of the molecule is CCC1C(=O)NCCN1C(=O)N1CC(C)C(C(=O)O)C1. The molecular weight excluding hydrogens is 262 g/mol. The maximum absolute atomic E-state index is 12.5. The molecule has 2 aliphatic heterocycles. The minimum atomic E-state index is -0.865. The number of carboxylic acid groups (broad SMARTS) is 1. The fourth-order valence-corrected chi connectivity index (χ4v) is 2.98. The first-order chi connectivity index (χ1) is 9.45. The molecular formula is C13H21N3O4. The molecule has 0 aliphatic carbocycles. The lowest BCUT2D eigenvalue weighted by Crippen LogP contribution is -2.59. The summed E-state index contributed by atoms with van der Waals surface area (Å²) < 4.78 is 0. The Morgan fingerprint density at radius 3 is 2.65 bits per heavy atom. The van der Waals surface area contributed by atoms with Crippen molar-refractivity contribution < 1.29 is 19.5 Å². The number of piperazine rings is 1. The number of aliphatic carboxylic acids is 1. The van der Waals surface area contributed by atoms with E-state index in [9.17, 15) is 14.4 Å². The van der Waals surface area contributed by atoms with E-state index in [0.29, 0.717) is 26.1 Å². The first kappa shape index (κ1) is 14.6. The fourth-order valence-electron chi connectivity index (χ4n) is 2.98. The van der Waals surface area contributed by atoms with Gasteiger partial charge in [0.25, 0.3) is 0 Å². The van der Waals surface area contributed by atoms with Crippen LogP contribution >= 0.6 is 0 Å². The number of carbonyl (C=O) groups excluding carboxylic acids is 2. The van der Waals surface area contributed by atoms with Crippen LogP contribution in [-0.2, 0) is 9.59 Å². The lowest BCUT2D eigenvalue weighted by molar-refractivity contribution is -0.142. The molecule has 2 N–H and O–H groups in total. The highest BCUT2D eigenvalue weighted by Gasteiger charge is 2.41. The standard InChI is InChI=1S/C13H21N3O4/c1-3-10-11(17)14-4-5-16(10)13(20)15-6-8(2)9(7-15)12(18)19/h8-10H,3-7H2,1-2H3,(H,14,17)(H,18,19). The van der Waals surface area contributed by atoms with Crippen molar-refractivity contribution in [1.29, 1.82) is 0 Å². The number of amides is 3. The highest BCUT2D eigenvalue weighted by atomic mass is 16.4. The number of likely N-dealkylation sites (tertiary alicyclic amines) is 1. The van der Waals surface area contributed by atoms with Gasteiger partial charge in [0.15, 0.2) is 0 Å². The molecule has 3 atom stereocenters. The van der Waals surface area contributed by atoms with Crippen LogP contribution < -0.4 is 5.32 Å². The van der Waals surface area contributed by atoms with Crippen molar-refractivity contribution in [3.8, 4) is 0 Å². The molecule has 0 radical (unpaired) electrons. The van der Waals surface area contributed by atoms with Crippen molar-refractivity contribution in [1.82, 2.24) is 15.1 Å². The van der Waals surface area contributed by atoms with Crippen LogP contribution in [0.25, 0.3) is 0 Å². The molecule has 2 saturated heterocycles. The Morgan fingerprint density at radius 2 is 2.10 bits per heavy atom. The molecule has 2 heterocycles. The second-order valence-electron chi connectivity index (χ2n) is 5.52. The summed E-state index contributed by atoms with van der Waals surface area (Å²) in [4.78, 5) is 38.5. The molecule has 0 aromatic carbocycles. The largest absolute Gasteiger partial charge is 0.481 e. The van der Waals surface area contributed by atoms with Crippen LogP contribution in [0.4, 0.5) is 4.79 Å². The number of hydrogen-bond acceptors (Lipinski definition) is 3. The van der Waals surface area contributed by atoms with Crippen LogP contribution in [0.15, 0.2) is 0 Å². The number of hydrogen-bond donors (Lipinski definition) is 2. The second kappa shape index (κ2) is 5.68. The van der Waals surface area contributed by atoms with Crippen molar-refractivity contribution in [2.75, 3.05) is 26.2 Å². The molecule has 3 unspecified atom stereocenters. The number of urea groups is 1. The Bertz CT molecular complexity index is 426. The highest BCUT2D eigenvalue weighted by molar-refractivity contribution is 5.88. The Morgan fingerprint density at radius 1 is 1.40 bits per heavy atom. The van der Waals surface area contributed by atoms with Gasteiger partial charge in [0.05, 0.1) is 5.92 Å². The molecule has 0 aromatic heterocycles. The Balaban J connectivity index is 2.07. The minimum Gasteiger partial charge on any atom is -0.481 e. The van der Waals surface area contributed by atoms with Crippen LogP contribution in [0.2, 0.25) is 0 Å². The van der Waals surface area contributed by atoms with Gasteiger partial charge in [0.1, 0.15) is 6.04 Å². The number of nitrogens with zero attached hydrogens (tertiary/aromatic N) is 2. The first-order valence-electron chi connectivity index (χ1n) is 7.01. The van der Waals surface area contributed by atoms with Gasteiger partial charge in [-0.3, -0.25) is 9.59 Å². The van der Waals surface area contributed by atoms with E-state index >= 15 is 0 Å². The van der Waals surface area contributed by atoms with Gasteiger partial charge in [0, 0.05) is 26.2 Å². The predicted octanol–water partition coefficient (Wildman–Crippen LogP) is -0.0307. The van der Waals surface area contributed by atoms with Gasteiger partial charge in [-0.15, -0.1) is 0 Å². The summed E-state index contributed by atoms with van der Waals surface area (Å²) >= 11 is 0. The summed E-state index contributed by atoms with van der Waals surface area (Å²) in [6.45, 7) is 5.29. The van der Waals surface area contributed by atoms with E-state index in [0.717, 1.165) is 0 Å². The third-order valence-electron chi connectivity index (χ3n) is 4.16. The van der Waals surface area contributed by atoms with Gasteiger partial charge in [0.2, 0.25) is 5.91 Å². The summed E-state index contributed by atoms with van der Waals surface area (Å²) in [5.74, 6) is -1.57. The zero-order valence-corrected chi connectivity index (χ0v) is 11.8. The zero-order chi connectivity index (χ0) is 14.9. The van der Waals surface area contributed by atoms with Crippen molar-refractivity contribution in [2.24, 2.45) is 11.8 Å². The van der Waals surface area contributed by atoms with E-state index in [2.05, 4.69) is 5.32 Å². The molecule has 112 valence electrons. The Labute approximate surface area is 117 Å². The molecule has 0 spiro atoms. The van der Waals surface area contributed by atoms with E-state index in [1.165, 1.54) is 0 Å². The summed E-state index contributed by atoms with van der Waals surface area (Å²) in [6.07, 6.45) is 0.559. The summed E-state index contributed by atoms with van der Waals surface area (Å²) in [5, 5.41) is 11.9. The van der Waals surface area contributed by atoms with Crippen LogP contribution in [0, 0.1) is 11.8 Å². The molecule has 7 heteroatoms. The number of rotatable bonds is 2. The number of nitrogens with one attached hydrogen (secondary N) is 1. The maximum Gasteiger partial charge on any atom is 0.320 e. The summed E-state index contributed by atoms with van der Waals surface area (Å²) in [7, 11) is 0. The van der Waals surface area contributed by atoms with Gasteiger partial charge in [-0.2, -0.15) is 0 Å². The van der Waals surface area contributed by atoms with E-state index in [1.54, 1.807) is 9.80 Å². The highest BCUT2D eigenvalue weighted by Crippen LogP contribution is 2.25. The van der Waals surface area contributed by atoms with Crippen molar-refractivity contribution in [2.45, 2.75) is 26.3 Å². The van der Waals surface area contributed by atoms with E-state index in [4.69, 9.17) is 5.11 Å². The zero-order valence-electron chi connectivity index (χ0n) is 11.8. The monoisotopic (exact) mass is 283 g/mol. The molecule has 0 bridgehead atoms. The Hall–Kier alpha value is -1.79. The average molecular weight is 283 g/mol. The molecule has 20 heavy (non-hydrogen) atoms. The molecule has 2 fully saturated rings. The molecule has 2 rings (SSSR count). The molecule has 0 aromatic rings. The maximum atomic E-state index is 12.5. The normalized spacial score (nSPS) is 30.3. The quantitative estimate of drug-likeness (QED) is 0.744. The summed E-state index contributed by atoms with van der Waals surface area (Å²) in [6, 6.07) is -0.669. The third-order valence-corrected chi connectivity index (χ3v) is 4.16. The first-order valence-corrected chi connectivity index (χ1v) is 7.01. The van der Waals surface area contributed by atoms with Crippen LogP contribution in [-0.4, -0.2) is 65.0 Å². The lowest BCUT2D eigenvalue weighted by atomic mass is 9.99. The van der Waals surface area contributed by atoms with Crippen LogP contribution in [0.5, 0.6) is 0 Å². The third kappa shape index (κ3) is 2.57. The van der Waals surface area contributed by atoms with Gasteiger partial charge in [-0.1, -0.05) is 13.8 Å². The molecule has 0 saturated carbocycles. The molecule has 7 nitrogen and oxygen atoms in total. The Kier molecular flexibility index (Phi) is 4.15. The van der Waals surface area contributed by atoms with Crippen LogP contribution in [0.3, 0.4) is 0 Å². The second-order valence-corrected chi connectivity index (χ2v) is 5.52. The van der Waals surface area contributed by atoms with Gasteiger partial charge in [-0.05, 0) is 12.3 Å². The van der Waals surface area contributed by atoms with Crippen molar-refractivity contribution in [3.05, 3.63) is 0 Å². The minimum absolute atomic E-state index is 0.0601. The van der Waals surface area contributed by atoms with E-state index < -0.39 is 17.9 Å². The number of carboxylic acids is 1. The topological polar surface area (TPSA) is 90.0 Å². The predicted molar refractivity (Wildman–Crippen MR) is 71.1 cm³/mol. The molecule has 2 aliphatic rings. The summed E-state index contributed by atoms with van der Waals surface area (Å²) in [5.41, 5.74) is 0. The fraction of sp³-hybridized carbons (Fsp3) is 0.769. The van der Waals surface area contributed by atoms with Gasteiger partial charge < -0.3 is 20.2 Å². The van der Waals surface area contributed by atoms with E-state index in [1.807, 2.05) is 13.8 Å². The lowest BCUT2D eigenvalue weighted by Gasteiger charge is -2.37. The van der Waals surface area contributed by atoms with Crippen LogP contribution in [0.1, 0.15) is 20.3 Å². The van der Waals surface area contributed by atoms with Gasteiger partial charge >= 0.3 is 12.0 Å². The average Bonchev–Trinajstić information content (AvgIpc) is 2.80. The van der Waals surface area contributed by atoms with E-state index in [-0.39, 0.29) is 24.4 Å². The smallest absolute Gasteiger partial charge is 0.320 e. The molecule has 3 amide bonds.